The highest BCUT2D eigenvalue weighted by Gasteiger charge is 2.32. The molecule has 0 aliphatic carbocycles. The highest BCUT2D eigenvalue weighted by Crippen LogP contribution is 2.45. The van der Waals surface area contributed by atoms with Crippen molar-refractivity contribution in [3.8, 4) is 11.3 Å². The summed E-state index contributed by atoms with van der Waals surface area (Å²) in [5.41, 5.74) is 3.64. The number of rotatable bonds is 3. The summed E-state index contributed by atoms with van der Waals surface area (Å²) < 4.78 is 0. The third kappa shape index (κ3) is 2.73. The van der Waals surface area contributed by atoms with Crippen LogP contribution in [0.25, 0.3) is 21.5 Å². The van der Waals surface area contributed by atoms with E-state index in [0.29, 0.717) is 26.8 Å². The number of hydrogen-bond donors (Lipinski definition) is 2. The number of hydrogen-bond acceptors (Lipinski definition) is 5. The lowest BCUT2D eigenvalue weighted by Gasteiger charge is -2.28. The second-order valence-corrected chi connectivity index (χ2v) is 7.43. The van der Waals surface area contributed by atoms with Gasteiger partial charge in [-0.2, -0.15) is 0 Å². The number of pyridine rings is 2. The van der Waals surface area contributed by atoms with Crippen LogP contribution in [0.2, 0.25) is 0 Å². The molecule has 1 aliphatic heterocycles. The summed E-state index contributed by atoms with van der Waals surface area (Å²) in [6, 6.07) is 14.8. The van der Waals surface area contributed by atoms with Gasteiger partial charge in [-0.3, -0.25) is 14.7 Å². The molecule has 1 aliphatic rings. The number of nitrogens with one attached hydrogen (secondary N) is 2. The van der Waals surface area contributed by atoms with Gasteiger partial charge in [0.05, 0.1) is 28.1 Å². The van der Waals surface area contributed by atoms with Gasteiger partial charge < -0.3 is 10.6 Å². The first kappa shape index (κ1) is 17.3. The predicted octanol–water partition coefficient (Wildman–Crippen LogP) is 4.40. The zero-order valence-electron chi connectivity index (χ0n) is 15.3. The van der Waals surface area contributed by atoms with Crippen molar-refractivity contribution in [2.24, 2.45) is 0 Å². The monoisotopic (exact) mass is 401 g/mol. The Labute approximate surface area is 170 Å². The molecular weight excluding hydrogens is 386 g/mol. The van der Waals surface area contributed by atoms with Crippen LogP contribution >= 0.6 is 11.3 Å². The minimum atomic E-state index is -0.327. The molecule has 2 N–H and O–H groups in total. The topological polar surface area (TPSA) is 87.2 Å². The highest BCUT2D eigenvalue weighted by atomic mass is 32.1. The Morgan fingerprint density at radius 1 is 1.10 bits per heavy atom. The van der Waals surface area contributed by atoms with Crippen LogP contribution in [0.5, 0.6) is 0 Å². The van der Waals surface area contributed by atoms with Gasteiger partial charge in [-0.25, -0.2) is 9.78 Å². The fourth-order valence-electron chi connectivity index (χ4n) is 3.45. The number of nitrogens with zero attached hydrogens (tertiary/aromatic N) is 3. The van der Waals surface area contributed by atoms with Gasteiger partial charge in [-0.15, -0.1) is 11.3 Å². The van der Waals surface area contributed by atoms with Crippen molar-refractivity contribution in [3.05, 3.63) is 65.8 Å². The van der Waals surface area contributed by atoms with E-state index >= 15 is 0 Å². The van der Waals surface area contributed by atoms with Crippen molar-refractivity contribution >= 4 is 50.6 Å². The van der Waals surface area contributed by atoms with Crippen LogP contribution in [0.3, 0.4) is 0 Å². The molecule has 0 unspecified atom stereocenters. The Balaban J connectivity index is 1.68. The summed E-state index contributed by atoms with van der Waals surface area (Å²) >= 11 is 1.26. The predicted molar refractivity (Wildman–Crippen MR) is 114 cm³/mol. The van der Waals surface area contributed by atoms with Crippen LogP contribution < -0.4 is 15.5 Å². The Morgan fingerprint density at radius 3 is 2.79 bits per heavy atom. The molecule has 29 heavy (non-hydrogen) atoms. The SMILES string of the molecule is CNC(=O)c1sc2nccc3c2c1NC(=O)N3c1cccc(-c2ccccn2)c1. The second kappa shape index (κ2) is 6.68. The number of urea groups is 1. The number of thiophene rings is 1. The minimum Gasteiger partial charge on any atom is -0.354 e. The molecule has 4 heterocycles. The van der Waals surface area contributed by atoms with Gasteiger partial charge in [0.2, 0.25) is 0 Å². The molecule has 0 radical (unpaired) electrons. The van der Waals surface area contributed by atoms with Crippen molar-refractivity contribution in [1.82, 2.24) is 15.3 Å². The van der Waals surface area contributed by atoms with Gasteiger partial charge in [-0.1, -0.05) is 18.2 Å². The molecule has 0 saturated carbocycles. The summed E-state index contributed by atoms with van der Waals surface area (Å²) in [7, 11) is 1.56. The quantitative estimate of drug-likeness (QED) is 0.533. The third-order valence-corrected chi connectivity index (χ3v) is 5.84. The summed E-state index contributed by atoms with van der Waals surface area (Å²) in [5.74, 6) is -0.250. The van der Waals surface area contributed by atoms with E-state index in [1.165, 1.54) is 11.3 Å². The van der Waals surface area contributed by atoms with Crippen LogP contribution in [0.4, 0.5) is 21.9 Å². The van der Waals surface area contributed by atoms with E-state index in [-0.39, 0.29) is 11.9 Å². The fraction of sp³-hybridized carbons (Fsp3) is 0.0476. The van der Waals surface area contributed by atoms with Gasteiger partial charge in [0.25, 0.3) is 5.91 Å². The maximum atomic E-state index is 13.1. The summed E-state index contributed by atoms with van der Waals surface area (Å²) in [4.78, 5) is 36.8. The van der Waals surface area contributed by atoms with Crippen molar-refractivity contribution in [2.75, 3.05) is 17.3 Å². The molecule has 5 rings (SSSR count). The lowest BCUT2D eigenvalue weighted by molar-refractivity contribution is 0.0968. The smallest absolute Gasteiger partial charge is 0.331 e. The average molecular weight is 401 g/mol. The molecule has 0 saturated heterocycles. The van der Waals surface area contributed by atoms with Gasteiger partial charge in [0, 0.05) is 25.0 Å². The first-order chi connectivity index (χ1) is 14.2. The number of benzene rings is 1. The van der Waals surface area contributed by atoms with E-state index in [2.05, 4.69) is 20.6 Å². The second-order valence-electron chi connectivity index (χ2n) is 6.43. The van der Waals surface area contributed by atoms with Gasteiger partial charge in [-0.05, 0) is 30.3 Å². The lowest BCUT2D eigenvalue weighted by atomic mass is 10.1. The Kier molecular flexibility index (Phi) is 3.99. The largest absolute Gasteiger partial charge is 0.354 e. The molecular formula is C21H15N5O2S. The molecule has 8 heteroatoms. The average Bonchev–Trinajstić information content (AvgIpc) is 3.13. The maximum absolute atomic E-state index is 13.1. The molecule has 7 nitrogen and oxygen atoms in total. The van der Waals surface area contributed by atoms with Crippen LogP contribution in [0.1, 0.15) is 9.67 Å². The lowest BCUT2D eigenvalue weighted by Crippen LogP contribution is -2.34. The van der Waals surface area contributed by atoms with E-state index in [1.807, 2.05) is 42.5 Å². The van der Waals surface area contributed by atoms with Crippen molar-refractivity contribution < 1.29 is 9.59 Å². The van der Waals surface area contributed by atoms with E-state index in [4.69, 9.17) is 0 Å². The zero-order chi connectivity index (χ0) is 20.0. The van der Waals surface area contributed by atoms with E-state index in [1.54, 1.807) is 30.4 Å². The molecule has 4 aromatic rings. The first-order valence-corrected chi connectivity index (χ1v) is 9.75. The van der Waals surface area contributed by atoms with Gasteiger partial charge >= 0.3 is 6.03 Å². The van der Waals surface area contributed by atoms with Crippen LogP contribution in [0.15, 0.2) is 60.9 Å². The molecule has 0 fully saturated rings. The number of carbonyl (C=O) groups is 2. The van der Waals surface area contributed by atoms with E-state index in [0.717, 1.165) is 16.6 Å². The molecule has 142 valence electrons. The summed E-state index contributed by atoms with van der Waals surface area (Å²) in [5, 5.41) is 6.26. The number of aromatic nitrogens is 2. The van der Waals surface area contributed by atoms with Crippen molar-refractivity contribution in [2.45, 2.75) is 0 Å². The highest BCUT2D eigenvalue weighted by molar-refractivity contribution is 7.21. The number of amides is 3. The summed E-state index contributed by atoms with van der Waals surface area (Å²) in [6.07, 6.45) is 3.39. The molecule has 1 aromatic carbocycles. The van der Waals surface area contributed by atoms with E-state index < -0.39 is 0 Å². The van der Waals surface area contributed by atoms with Crippen LogP contribution in [-0.4, -0.2) is 29.0 Å². The molecule has 3 amide bonds. The van der Waals surface area contributed by atoms with Gasteiger partial charge in [0.1, 0.15) is 9.71 Å². The van der Waals surface area contributed by atoms with E-state index in [9.17, 15) is 9.59 Å². The zero-order valence-corrected chi connectivity index (χ0v) is 16.2. The maximum Gasteiger partial charge on any atom is 0.331 e. The first-order valence-electron chi connectivity index (χ1n) is 8.93. The van der Waals surface area contributed by atoms with Crippen LogP contribution in [0, 0.1) is 0 Å². The molecule has 0 bridgehead atoms. The Bertz CT molecular complexity index is 1270. The van der Waals surface area contributed by atoms with Crippen LogP contribution in [-0.2, 0) is 0 Å². The normalized spacial score (nSPS) is 12.7. The standard InChI is InChI=1S/C21H15N5O2S/c1-22-19(27)18-17-16-15(8-10-24-20(16)29-18)26(21(28)25-17)13-6-4-5-12(11-13)14-7-2-3-9-23-14/h2-11H,1H3,(H,22,27)(H,25,28). The van der Waals surface area contributed by atoms with Crippen molar-refractivity contribution in [1.29, 1.82) is 0 Å². The molecule has 0 atom stereocenters. The van der Waals surface area contributed by atoms with Gasteiger partial charge in [0.15, 0.2) is 0 Å². The fourth-order valence-corrected chi connectivity index (χ4v) is 4.52. The third-order valence-electron chi connectivity index (χ3n) is 4.74. The Hall–Kier alpha value is -3.78. The molecule has 0 spiro atoms. The summed E-state index contributed by atoms with van der Waals surface area (Å²) in [6.45, 7) is 0. The Morgan fingerprint density at radius 2 is 2.00 bits per heavy atom. The minimum absolute atomic E-state index is 0.250. The molecule has 3 aromatic heterocycles. The number of anilines is 3. The number of carbonyl (C=O) groups excluding carboxylic acids is 2. The van der Waals surface area contributed by atoms with Crippen molar-refractivity contribution in [3.63, 3.8) is 0 Å².